The number of fused-ring (bicyclic) bond motifs is 1. The third kappa shape index (κ3) is 5.02. The highest BCUT2D eigenvalue weighted by molar-refractivity contribution is 7.90. The first kappa shape index (κ1) is 24.3. The first-order valence-electron chi connectivity index (χ1n) is 9.82. The van der Waals surface area contributed by atoms with Gasteiger partial charge in [0, 0.05) is 22.8 Å². The van der Waals surface area contributed by atoms with Gasteiger partial charge >= 0.3 is 0 Å². The van der Waals surface area contributed by atoms with Crippen molar-refractivity contribution in [1.29, 1.82) is 0 Å². The molecule has 1 heterocycles. The molecule has 4 rings (SSSR count). The highest BCUT2D eigenvalue weighted by Crippen LogP contribution is 2.35. The zero-order chi connectivity index (χ0) is 25.3. The zero-order valence-electron chi connectivity index (χ0n) is 17.8. The second-order valence-electron chi connectivity index (χ2n) is 7.23. The summed E-state index contributed by atoms with van der Waals surface area (Å²) in [6.07, 6.45) is 0. The summed E-state index contributed by atoms with van der Waals surface area (Å²) in [5, 5.41) is 15.5. The van der Waals surface area contributed by atoms with Crippen LogP contribution in [0.25, 0.3) is 10.9 Å². The molecule has 0 aliphatic heterocycles. The first-order valence-corrected chi connectivity index (χ1v) is 12.1. The van der Waals surface area contributed by atoms with E-state index in [0.29, 0.717) is 27.2 Å². The Kier molecular flexibility index (Phi) is 6.57. The van der Waals surface area contributed by atoms with Crippen LogP contribution in [0.2, 0.25) is 10.0 Å². The molecule has 0 fully saturated rings. The van der Waals surface area contributed by atoms with E-state index in [2.05, 4.69) is 10.3 Å². The van der Waals surface area contributed by atoms with E-state index in [9.17, 15) is 23.3 Å². The third-order valence-corrected chi connectivity index (χ3v) is 7.09. The van der Waals surface area contributed by atoms with Gasteiger partial charge in [-0.2, -0.15) is 0 Å². The number of nitro groups is 1. The SMILES string of the molecule is COc1ccc(S(=O)(=O)NC(=O)c2cc3c(Nc4ccc(Cl)c(Cl)c4)ccc([N+](=O)[O-])c3[nH]2)cc1. The van der Waals surface area contributed by atoms with E-state index in [1.54, 1.807) is 18.2 Å². The summed E-state index contributed by atoms with van der Waals surface area (Å²) in [5.41, 5.74) is 0.508. The Balaban J connectivity index is 1.70. The highest BCUT2D eigenvalue weighted by atomic mass is 35.5. The molecule has 180 valence electrons. The number of methoxy groups -OCH3 is 1. The van der Waals surface area contributed by atoms with Crippen molar-refractivity contribution in [2.24, 2.45) is 0 Å². The maximum atomic E-state index is 12.8. The Morgan fingerprint density at radius 1 is 1.03 bits per heavy atom. The molecule has 3 aromatic carbocycles. The van der Waals surface area contributed by atoms with E-state index < -0.39 is 20.9 Å². The number of sulfonamides is 1. The van der Waals surface area contributed by atoms with Gasteiger partial charge in [0.25, 0.3) is 21.6 Å². The van der Waals surface area contributed by atoms with Gasteiger partial charge in [-0.25, -0.2) is 13.1 Å². The molecule has 0 saturated heterocycles. The molecule has 0 radical (unpaired) electrons. The lowest BCUT2D eigenvalue weighted by molar-refractivity contribution is -0.383. The molecule has 3 N–H and O–H groups in total. The van der Waals surface area contributed by atoms with E-state index in [4.69, 9.17) is 27.9 Å². The standard InChI is InChI=1S/C22H16Cl2N4O6S/c1-34-13-3-5-14(6-4-13)35(32,33)27-22(29)19-11-15-18(8-9-20(28(30)31)21(15)26-19)25-12-2-7-16(23)17(24)10-12/h2-11,25-26H,1H3,(H,27,29). The number of benzene rings is 3. The van der Waals surface area contributed by atoms with Crippen LogP contribution in [0.4, 0.5) is 17.1 Å². The number of amides is 1. The monoisotopic (exact) mass is 534 g/mol. The number of nitro benzene ring substituents is 1. The fourth-order valence-corrected chi connectivity index (χ4v) is 4.57. The number of hydrogen-bond donors (Lipinski definition) is 3. The van der Waals surface area contributed by atoms with E-state index in [1.165, 1.54) is 49.6 Å². The molecule has 0 unspecified atom stereocenters. The summed E-state index contributed by atoms with van der Waals surface area (Å²) in [4.78, 5) is 26.2. The molecule has 0 aliphatic rings. The lowest BCUT2D eigenvalue weighted by atomic mass is 10.1. The summed E-state index contributed by atoms with van der Waals surface area (Å²) in [6, 6.07) is 14.3. The number of carbonyl (C=O) groups is 1. The van der Waals surface area contributed by atoms with Crippen molar-refractivity contribution < 1.29 is 22.9 Å². The molecule has 1 aromatic heterocycles. The number of halogens is 2. The van der Waals surface area contributed by atoms with Gasteiger partial charge in [0.05, 0.1) is 27.0 Å². The lowest BCUT2D eigenvalue weighted by Gasteiger charge is -2.09. The minimum absolute atomic E-state index is 0.0343. The highest BCUT2D eigenvalue weighted by Gasteiger charge is 2.23. The predicted octanol–water partition coefficient (Wildman–Crippen LogP) is 5.25. The Hall–Kier alpha value is -3.80. The van der Waals surface area contributed by atoms with Crippen LogP contribution < -0.4 is 14.8 Å². The number of nitrogens with zero attached hydrogens (tertiary/aromatic N) is 1. The van der Waals surface area contributed by atoms with Crippen LogP contribution in [0.1, 0.15) is 10.5 Å². The quantitative estimate of drug-likeness (QED) is 0.217. The first-order chi connectivity index (χ1) is 16.6. The summed E-state index contributed by atoms with van der Waals surface area (Å²) in [5.74, 6) is -0.549. The van der Waals surface area contributed by atoms with E-state index in [-0.39, 0.29) is 27.2 Å². The van der Waals surface area contributed by atoms with Crippen LogP contribution in [0.5, 0.6) is 5.75 Å². The number of aromatic amines is 1. The zero-order valence-corrected chi connectivity index (χ0v) is 20.2. The number of H-pyrrole nitrogens is 1. The molecular formula is C22H16Cl2N4O6S. The maximum absolute atomic E-state index is 12.8. The average Bonchev–Trinajstić information content (AvgIpc) is 3.27. The summed E-state index contributed by atoms with van der Waals surface area (Å²) in [7, 11) is -2.78. The minimum Gasteiger partial charge on any atom is -0.497 e. The van der Waals surface area contributed by atoms with Gasteiger partial charge in [-0.1, -0.05) is 23.2 Å². The molecule has 1 amide bonds. The maximum Gasteiger partial charge on any atom is 0.293 e. The summed E-state index contributed by atoms with van der Waals surface area (Å²) < 4.78 is 32.2. The van der Waals surface area contributed by atoms with Crippen molar-refractivity contribution in [3.8, 4) is 5.75 Å². The number of anilines is 2. The van der Waals surface area contributed by atoms with Crippen LogP contribution in [-0.2, 0) is 10.0 Å². The van der Waals surface area contributed by atoms with Crippen molar-refractivity contribution in [2.75, 3.05) is 12.4 Å². The molecule has 0 bridgehead atoms. The van der Waals surface area contributed by atoms with Crippen molar-refractivity contribution in [2.45, 2.75) is 4.90 Å². The Morgan fingerprint density at radius 3 is 2.37 bits per heavy atom. The van der Waals surface area contributed by atoms with Gasteiger partial charge in [-0.15, -0.1) is 0 Å². The molecule has 0 atom stereocenters. The van der Waals surface area contributed by atoms with Gasteiger partial charge < -0.3 is 15.0 Å². The molecule has 4 aromatic rings. The van der Waals surface area contributed by atoms with Crippen LogP contribution in [-0.4, -0.2) is 31.3 Å². The molecule has 10 nitrogen and oxygen atoms in total. The average molecular weight is 535 g/mol. The Morgan fingerprint density at radius 2 is 1.74 bits per heavy atom. The number of carbonyl (C=O) groups excluding carboxylic acids is 1. The van der Waals surface area contributed by atoms with Gasteiger partial charge in [-0.3, -0.25) is 14.9 Å². The molecule has 0 aliphatic carbocycles. The van der Waals surface area contributed by atoms with Gasteiger partial charge in [0.15, 0.2) is 0 Å². The van der Waals surface area contributed by atoms with Crippen molar-refractivity contribution in [3.05, 3.63) is 86.5 Å². The summed E-state index contributed by atoms with van der Waals surface area (Å²) >= 11 is 12.0. The van der Waals surface area contributed by atoms with Crippen molar-refractivity contribution in [3.63, 3.8) is 0 Å². The second kappa shape index (κ2) is 9.45. The van der Waals surface area contributed by atoms with Crippen LogP contribution in [0.15, 0.2) is 65.6 Å². The third-order valence-electron chi connectivity index (χ3n) is 5.01. The van der Waals surface area contributed by atoms with Crippen LogP contribution in [0.3, 0.4) is 0 Å². The summed E-state index contributed by atoms with van der Waals surface area (Å²) in [6.45, 7) is 0. The topological polar surface area (TPSA) is 143 Å². The fourth-order valence-electron chi connectivity index (χ4n) is 3.31. The number of non-ortho nitro benzene ring substituents is 1. The smallest absolute Gasteiger partial charge is 0.293 e. The predicted molar refractivity (Wildman–Crippen MR) is 132 cm³/mol. The second-order valence-corrected chi connectivity index (χ2v) is 9.72. The molecule has 0 saturated carbocycles. The van der Waals surface area contributed by atoms with Crippen molar-refractivity contribution in [1.82, 2.24) is 9.71 Å². The molecular weight excluding hydrogens is 519 g/mol. The molecule has 13 heteroatoms. The van der Waals surface area contributed by atoms with Gasteiger partial charge in [0.1, 0.15) is 17.0 Å². The Bertz CT molecular complexity index is 1570. The fraction of sp³-hybridized carbons (Fsp3) is 0.0455. The Labute approximate surface area is 209 Å². The van der Waals surface area contributed by atoms with E-state index in [1.807, 2.05) is 4.72 Å². The van der Waals surface area contributed by atoms with E-state index in [0.717, 1.165) is 0 Å². The van der Waals surface area contributed by atoms with Crippen LogP contribution in [0, 0.1) is 10.1 Å². The number of rotatable bonds is 7. The lowest BCUT2D eigenvalue weighted by Crippen LogP contribution is -2.30. The van der Waals surface area contributed by atoms with Crippen LogP contribution >= 0.6 is 23.2 Å². The van der Waals surface area contributed by atoms with Gasteiger partial charge in [-0.05, 0) is 54.6 Å². The normalized spacial score (nSPS) is 11.3. The number of aromatic nitrogens is 1. The number of hydrogen-bond acceptors (Lipinski definition) is 7. The van der Waals surface area contributed by atoms with Gasteiger partial charge in [0.2, 0.25) is 0 Å². The van der Waals surface area contributed by atoms with E-state index >= 15 is 0 Å². The number of nitrogens with one attached hydrogen (secondary N) is 3. The van der Waals surface area contributed by atoms with Crippen molar-refractivity contribution >= 4 is 67.1 Å². The molecule has 0 spiro atoms. The minimum atomic E-state index is -4.22. The largest absolute Gasteiger partial charge is 0.497 e. The molecule has 35 heavy (non-hydrogen) atoms. The number of ether oxygens (including phenoxy) is 1.